The third-order valence-electron chi connectivity index (χ3n) is 6.59. The minimum Gasteiger partial charge on any atom is -0.0805 e. The monoisotopic (exact) mass is 266 g/mol. The van der Waals surface area contributed by atoms with Crippen LogP contribution in [0.2, 0.25) is 0 Å². The van der Waals surface area contributed by atoms with Gasteiger partial charge in [-0.2, -0.15) is 0 Å². The van der Waals surface area contributed by atoms with Crippen LogP contribution in [0.4, 0.5) is 0 Å². The zero-order valence-electron chi connectivity index (χ0n) is 12.8. The fraction of sp³-hybridized carbons (Fsp3) is 0.600. The second-order valence-corrected chi connectivity index (χ2v) is 7.77. The van der Waals surface area contributed by atoms with E-state index >= 15 is 0 Å². The Morgan fingerprint density at radius 2 is 1.85 bits per heavy atom. The summed E-state index contributed by atoms with van der Waals surface area (Å²) in [6.07, 6.45) is 22.2. The van der Waals surface area contributed by atoms with Crippen molar-refractivity contribution < 1.29 is 0 Å². The summed E-state index contributed by atoms with van der Waals surface area (Å²) in [5, 5.41) is 0. The highest BCUT2D eigenvalue weighted by atomic mass is 14.6. The van der Waals surface area contributed by atoms with Crippen molar-refractivity contribution in [2.24, 2.45) is 35.0 Å². The van der Waals surface area contributed by atoms with Gasteiger partial charge in [0.15, 0.2) is 0 Å². The van der Waals surface area contributed by atoms with Crippen molar-refractivity contribution >= 4 is 0 Å². The number of hydrogen-bond acceptors (Lipinski definition) is 0. The van der Waals surface area contributed by atoms with Crippen LogP contribution in [0.1, 0.15) is 39.5 Å². The standard InChI is InChI=1S/C20H26/c1-14-11-12-18-16-9-5-6-10-17(16)19(20(18,2)13-14)15-7-3-4-8-15/h3-7,9-10,14,16-19H,8,11-13H2,1-2H3. The summed E-state index contributed by atoms with van der Waals surface area (Å²) >= 11 is 0. The van der Waals surface area contributed by atoms with E-state index in [1.165, 1.54) is 25.7 Å². The molecule has 0 heteroatoms. The van der Waals surface area contributed by atoms with Crippen LogP contribution in [0, 0.1) is 35.0 Å². The zero-order valence-corrected chi connectivity index (χ0v) is 12.8. The van der Waals surface area contributed by atoms with Gasteiger partial charge in [0.1, 0.15) is 0 Å². The molecule has 0 bridgehead atoms. The fourth-order valence-electron chi connectivity index (χ4n) is 5.97. The summed E-state index contributed by atoms with van der Waals surface area (Å²) in [6.45, 7) is 5.07. The Kier molecular flexibility index (Phi) is 2.84. The van der Waals surface area contributed by atoms with Gasteiger partial charge in [0.05, 0.1) is 0 Å². The molecule has 0 radical (unpaired) electrons. The lowest BCUT2D eigenvalue weighted by Crippen LogP contribution is -2.37. The molecule has 0 aromatic carbocycles. The number of fused-ring (bicyclic) bond motifs is 3. The summed E-state index contributed by atoms with van der Waals surface area (Å²) in [5.41, 5.74) is 2.23. The molecule has 2 saturated carbocycles. The lowest BCUT2D eigenvalue weighted by molar-refractivity contribution is 0.0719. The molecule has 0 aliphatic heterocycles. The van der Waals surface area contributed by atoms with E-state index in [0.717, 1.165) is 29.6 Å². The van der Waals surface area contributed by atoms with Crippen molar-refractivity contribution in [2.45, 2.75) is 39.5 Å². The Morgan fingerprint density at radius 1 is 1.05 bits per heavy atom. The van der Waals surface area contributed by atoms with E-state index in [9.17, 15) is 0 Å². The molecule has 6 unspecified atom stereocenters. The summed E-state index contributed by atoms with van der Waals surface area (Å²) < 4.78 is 0. The zero-order chi connectivity index (χ0) is 13.7. The molecule has 106 valence electrons. The van der Waals surface area contributed by atoms with Crippen LogP contribution in [-0.4, -0.2) is 0 Å². The maximum Gasteiger partial charge on any atom is -0.00712 e. The SMILES string of the molecule is CC1CCC2C3C=CC=CC3C(C3=CC=CC3)C2(C)C1. The molecule has 0 heterocycles. The van der Waals surface area contributed by atoms with Crippen LogP contribution >= 0.6 is 0 Å². The van der Waals surface area contributed by atoms with Gasteiger partial charge in [-0.25, -0.2) is 0 Å². The van der Waals surface area contributed by atoms with Gasteiger partial charge in [-0.1, -0.05) is 68.4 Å². The average Bonchev–Trinajstić information content (AvgIpc) is 3.00. The van der Waals surface area contributed by atoms with Gasteiger partial charge < -0.3 is 0 Å². The van der Waals surface area contributed by atoms with Gasteiger partial charge in [-0.05, 0) is 54.3 Å². The third-order valence-corrected chi connectivity index (χ3v) is 6.59. The first-order valence-corrected chi connectivity index (χ1v) is 8.41. The van der Waals surface area contributed by atoms with E-state index in [0.29, 0.717) is 5.41 Å². The second-order valence-electron chi connectivity index (χ2n) is 7.77. The minimum absolute atomic E-state index is 0.518. The molecule has 0 N–H and O–H groups in total. The van der Waals surface area contributed by atoms with Crippen LogP contribution in [0.15, 0.2) is 48.1 Å². The lowest BCUT2D eigenvalue weighted by atomic mass is 9.60. The Labute approximate surface area is 123 Å². The summed E-state index contributed by atoms with van der Waals surface area (Å²) in [7, 11) is 0. The molecule has 0 saturated heterocycles. The summed E-state index contributed by atoms with van der Waals surface area (Å²) in [4.78, 5) is 0. The van der Waals surface area contributed by atoms with Crippen molar-refractivity contribution in [3.63, 3.8) is 0 Å². The molecule has 0 spiro atoms. The molecule has 20 heavy (non-hydrogen) atoms. The number of hydrogen-bond donors (Lipinski definition) is 0. The molecular weight excluding hydrogens is 240 g/mol. The molecule has 2 fully saturated rings. The van der Waals surface area contributed by atoms with Crippen molar-refractivity contribution in [2.75, 3.05) is 0 Å². The molecule has 4 rings (SSSR count). The van der Waals surface area contributed by atoms with Crippen molar-refractivity contribution in [3.05, 3.63) is 48.1 Å². The highest BCUT2D eigenvalue weighted by molar-refractivity contribution is 5.34. The van der Waals surface area contributed by atoms with Crippen molar-refractivity contribution in [1.29, 1.82) is 0 Å². The first-order chi connectivity index (χ1) is 9.70. The normalized spacial score (nSPS) is 49.1. The average molecular weight is 266 g/mol. The van der Waals surface area contributed by atoms with Crippen LogP contribution < -0.4 is 0 Å². The van der Waals surface area contributed by atoms with Gasteiger partial charge in [0.2, 0.25) is 0 Å². The smallest absolute Gasteiger partial charge is 0.00712 e. The fourth-order valence-corrected chi connectivity index (χ4v) is 5.97. The molecule has 4 aliphatic carbocycles. The number of rotatable bonds is 1. The quantitative estimate of drug-likeness (QED) is 0.604. The number of allylic oxidation sites excluding steroid dienone is 8. The first-order valence-electron chi connectivity index (χ1n) is 8.41. The van der Waals surface area contributed by atoms with Crippen molar-refractivity contribution in [3.8, 4) is 0 Å². The van der Waals surface area contributed by atoms with Crippen molar-refractivity contribution in [1.82, 2.24) is 0 Å². The Bertz CT molecular complexity index is 518. The molecule has 0 aromatic heterocycles. The maximum absolute atomic E-state index is 2.61. The van der Waals surface area contributed by atoms with Gasteiger partial charge in [0.25, 0.3) is 0 Å². The first kappa shape index (κ1) is 12.7. The highest BCUT2D eigenvalue weighted by Gasteiger charge is 2.58. The van der Waals surface area contributed by atoms with Gasteiger partial charge in [-0.15, -0.1) is 0 Å². The Morgan fingerprint density at radius 3 is 2.60 bits per heavy atom. The molecule has 0 amide bonds. The van der Waals surface area contributed by atoms with Gasteiger partial charge in [-0.3, -0.25) is 0 Å². The molecule has 0 aromatic rings. The van der Waals surface area contributed by atoms with Gasteiger partial charge in [0, 0.05) is 0 Å². The Hall–Kier alpha value is -1.04. The highest BCUT2D eigenvalue weighted by Crippen LogP contribution is 2.65. The molecule has 6 atom stereocenters. The third kappa shape index (κ3) is 1.66. The van der Waals surface area contributed by atoms with Crippen LogP contribution in [0.25, 0.3) is 0 Å². The maximum atomic E-state index is 2.61. The summed E-state index contributed by atoms with van der Waals surface area (Å²) in [5.74, 6) is 4.13. The minimum atomic E-state index is 0.518. The van der Waals surface area contributed by atoms with E-state index in [4.69, 9.17) is 0 Å². The molecule has 4 aliphatic rings. The van der Waals surface area contributed by atoms with E-state index in [2.05, 4.69) is 56.4 Å². The van der Waals surface area contributed by atoms with E-state index in [-0.39, 0.29) is 0 Å². The topological polar surface area (TPSA) is 0 Å². The van der Waals surface area contributed by atoms with Crippen LogP contribution in [-0.2, 0) is 0 Å². The molecular formula is C20H26. The predicted molar refractivity (Wildman–Crippen MR) is 85.2 cm³/mol. The van der Waals surface area contributed by atoms with E-state index < -0.39 is 0 Å². The largest absolute Gasteiger partial charge is 0.0805 e. The summed E-state index contributed by atoms with van der Waals surface area (Å²) in [6, 6.07) is 0. The predicted octanol–water partition coefficient (Wildman–Crippen LogP) is 5.30. The van der Waals surface area contributed by atoms with Crippen LogP contribution in [0.3, 0.4) is 0 Å². The van der Waals surface area contributed by atoms with E-state index in [1.54, 1.807) is 5.57 Å². The second kappa shape index (κ2) is 4.48. The van der Waals surface area contributed by atoms with E-state index in [1.807, 2.05) is 0 Å². The Balaban J connectivity index is 1.78. The van der Waals surface area contributed by atoms with Crippen LogP contribution in [0.5, 0.6) is 0 Å². The van der Waals surface area contributed by atoms with Gasteiger partial charge >= 0.3 is 0 Å². The molecule has 0 nitrogen and oxygen atoms in total. The lowest BCUT2D eigenvalue weighted by Gasteiger charge is -2.45.